The standard InChI is InChI=1S/C13H21NO4S/c1-10(2)9-18-14-8-13(15)11-4-6-12(7-5-11)19(3,16)17/h4-7,10,13-15H,8-9H2,1-3H3. The summed E-state index contributed by atoms with van der Waals surface area (Å²) in [6.07, 6.45) is 0.417. The lowest BCUT2D eigenvalue weighted by atomic mass is 10.1. The molecule has 1 rings (SSSR count). The SMILES string of the molecule is CC(C)CONCC(O)c1ccc(S(C)(=O)=O)cc1. The van der Waals surface area contributed by atoms with Crippen molar-refractivity contribution >= 4 is 9.84 Å². The topological polar surface area (TPSA) is 75.6 Å². The van der Waals surface area contributed by atoms with Crippen LogP contribution in [0.15, 0.2) is 29.2 Å². The van der Waals surface area contributed by atoms with Gasteiger partial charge in [-0.25, -0.2) is 8.42 Å². The van der Waals surface area contributed by atoms with Gasteiger partial charge in [-0.05, 0) is 23.6 Å². The molecule has 2 N–H and O–H groups in total. The van der Waals surface area contributed by atoms with E-state index in [2.05, 4.69) is 5.48 Å². The zero-order chi connectivity index (χ0) is 14.5. The number of rotatable bonds is 7. The van der Waals surface area contributed by atoms with E-state index in [0.717, 1.165) is 6.26 Å². The van der Waals surface area contributed by atoms with Crippen LogP contribution in [0.5, 0.6) is 0 Å². The Hall–Kier alpha value is -0.950. The van der Waals surface area contributed by atoms with E-state index in [0.29, 0.717) is 18.1 Å². The lowest BCUT2D eigenvalue weighted by molar-refractivity contribution is 0.000331. The summed E-state index contributed by atoms with van der Waals surface area (Å²) < 4.78 is 22.6. The van der Waals surface area contributed by atoms with Crippen LogP contribution in [0.4, 0.5) is 0 Å². The molecule has 0 saturated carbocycles. The number of hydroxylamine groups is 1. The third kappa shape index (κ3) is 5.69. The van der Waals surface area contributed by atoms with Crippen molar-refractivity contribution in [1.29, 1.82) is 0 Å². The van der Waals surface area contributed by atoms with Crippen LogP contribution in [-0.2, 0) is 14.7 Å². The van der Waals surface area contributed by atoms with Crippen LogP contribution >= 0.6 is 0 Å². The Morgan fingerprint density at radius 3 is 2.32 bits per heavy atom. The average molecular weight is 287 g/mol. The molecule has 0 aliphatic rings. The third-order valence-electron chi connectivity index (χ3n) is 2.49. The fourth-order valence-electron chi connectivity index (χ4n) is 1.42. The second-order valence-corrected chi connectivity index (χ2v) is 6.93. The Bertz CT molecular complexity index is 482. The summed E-state index contributed by atoms with van der Waals surface area (Å²) in [4.78, 5) is 5.40. The number of hydrogen-bond donors (Lipinski definition) is 2. The van der Waals surface area contributed by atoms with Gasteiger partial charge >= 0.3 is 0 Å². The highest BCUT2D eigenvalue weighted by molar-refractivity contribution is 7.90. The molecule has 0 aliphatic carbocycles. The Kier molecular flexibility index (Phi) is 5.93. The van der Waals surface area contributed by atoms with E-state index in [1.807, 2.05) is 13.8 Å². The predicted molar refractivity (Wildman–Crippen MR) is 73.3 cm³/mol. The van der Waals surface area contributed by atoms with Gasteiger partial charge in [-0.15, -0.1) is 0 Å². The van der Waals surface area contributed by atoms with E-state index in [9.17, 15) is 13.5 Å². The molecule has 19 heavy (non-hydrogen) atoms. The minimum absolute atomic E-state index is 0.243. The highest BCUT2D eigenvalue weighted by atomic mass is 32.2. The van der Waals surface area contributed by atoms with Gasteiger partial charge in [-0.1, -0.05) is 26.0 Å². The van der Waals surface area contributed by atoms with Gasteiger partial charge in [0, 0.05) is 6.26 Å². The van der Waals surface area contributed by atoms with Crippen LogP contribution in [0.1, 0.15) is 25.5 Å². The van der Waals surface area contributed by atoms with E-state index in [1.54, 1.807) is 12.1 Å². The van der Waals surface area contributed by atoms with Crippen molar-refractivity contribution in [2.75, 3.05) is 19.4 Å². The van der Waals surface area contributed by atoms with Gasteiger partial charge in [0.2, 0.25) is 0 Å². The molecule has 5 nitrogen and oxygen atoms in total. The van der Waals surface area contributed by atoms with Gasteiger partial charge in [0.25, 0.3) is 0 Å². The number of aliphatic hydroxyl groups excluding tert-OH is 1. The molecule has 1 atom stereocenters. The maximum absolute atomic E-state index is 11.3. The van der Waals surface area contributed by atoms with Gasteiger partial charge in [0.15, 0.2) is 9.84 Å². The second-order valence-electron chi connectivity index (χ2n) is 4.91. The van der Waals surface area contributed by atoms with E-state index < -0.39 is 15.9 Å². The highest BCUT2D eigenvalue weighted by Crippen LogP contribution is 2.15. The number of sulfone groups is 1. The third-order valence-corrected chi connectivity index (χ3v) is 3.62. The van der Waals surface area contributed by atoms with Crippen molar-refractivity contribution in [1.82, 2.24) is 5.48 Å². The monoisotopic (exact) mass is 287 g/mol. The first-order valence-corrected chi connectivity index (χ1v) is 8.02. The summed E-state index contributed by atoms with van der Waals surface area (Å²) in [6.45, 7) is 4.88. The first kappa shape index (κ1) is 16.1. The maximum Gasteiger partial charge on any atom is 0.175 e. The van der Waals surface area contributed by atoms with Crippen molar-refractivity contribution in [3.63, 3.8) is 0 Å². The predicted octanol–water partition coefficient (Wildman–Crippen LogP) is 1.30. The Morgan fingerprint density at radius 2 is 1.84 bits per heavy atom. The molecule has 1 aromatic rings. The number of nitrogens with one attached hydrogen (secondary N) is 1. The van der Waals surface area contributed by atoms with E-state index >= 15 is 0 Å². The van der Waals surface area contributed by atoms with Crippen molar-refractivity contribution in [2.45, 2.75) is 24.8 Å². The number of hydrogen-bond acceptors (Lipinski definition) is 5. The molecule has 108 valence electrons. The molecule has 0 aliphatic heterocycles. The van der Waals surface area contributed by atoms with E-state index in [4.69, 9.17) is 4.84 Å². The first-order valence-electron chi connectivity index (χ1n) is 6.13. The van der Waals surface area contributed by atoms with Gasteiger partial charge in [0.05, 0.1) is 24.2 Å². The molecule has 6 heteroatoms. The summed E-state index contributed by atoms with van der Waals surface area (Å²) in [6, 6.07) is 6.18. The van der Waals surface area contributed by atoms with Crippen LogP contribution in [0.3, 0.4) is 0 Å². The van der Waals surface area contributed by atoms with Crippen molar-refractivity contribution in [3.05, 3.63) is 29.8 Å². The fraction of sp³-hybridized carbons (Fsp3) is 0.538. The molecule has 0 radical (unpaired) electrons. The summed E-state index contributed by atoms with van der Waals surface area (Å²) in [5, 5.41) is 9.89. The maximum atomic E-state index is 11.3. The van der Waals surface area contributed by atoms with Crippen molar-refractivity contribution in [2.24, 2.45) is 5.92 Å². The molecule has 0 heterocycles. The Labute approximate surface area is 114 Å². The largest absolute Gasteiger partial charge is 0.387 e. The van der Waals surface area contributed by atoms with Gasteiger partial charge < -0.3 is 9.94 Å². The minimum Gasteiger partial charge on any atom is -0.387 e. The quantitative estimate of drug-likeness (QED) is 0.584. The lowest BCUT2D eigenvalue weighted by Crippen LogP contribution is -2.23. The van der Waals surface area contributed by atoms with Crippen LogP contribution in [0.2, 0.25) is 0 Å². The van der Waals surface area contributed by atoms with Gasteiger partial charge in [-0.2, -0.15) is 5.48 Å². The molecular weight excluding hydrogens is 266 g/mol. The zero-order valence-corrected chi connectivity index (χ0v) is 12.3. The first-order chi connectivity index (χ1) is 8.80. The number of aliphatic hydroxyl groups is 1. The van der Waals surface area contributed by atoms with Crippen LogP contribution in [0, 0.1) is 5.92 Å². The van der Waals surface area contributed by atoms with Gasteiger partial charge in [-0.3, -0.25) is 0 Å². The smallest absolute Gasteiger partial charge is 0.175 e. The zero-order valence-electron chi connectivity index (χ0n) is 11.5. The van der Waals surface area contributed by atoms with Crippen LogP contribution in [-0.4, -0.2) is 32.9 Å². The summed E-state index contributed by atoms with van der Waals surface area (Å²) in [7, 11) is -3.20. The molecule has 0 saturated heterocycles. The molecule has 0 spiro atoms. The lowest BCUT2D eigenvalue weighted by Gasteiger charge is -2.13. The van der Waals surface area contributed by atoms with Gasteiger partial charge in [0.1, 0.15) is 0 Å². The Balaban J connectivity index is 2.51. The Morgan fingerprint density at radius 1 is 1.26 bits per heavy atom. The molecular formula is C13H21NO4S. The molecule has 1 aromatic carbocycles. The average Bonchev–Trinajstić information content (AvgIpc) is 2.33. The van der Waals surface area contributed by atoms with Crippen LogP contribution in [0.25, 0.3) is 0 Å². The summed E-state index contributed by atoms with van der Waals surface area (Å²) in [5.41, 5.74) is 3.34. The number of benzene rings is 1. The highest BCUT2D eigenvalue weighted by Gasteiger charge is 2.10. The van der Waals surface area contributed by atoms with Crippen molar-refractivity contribution in [3.8, 4) is 0 Å². The van der Waals surface area contributed by atoms with Crippen molar-refractivity contribution < 1.29 is 18.4 Å². The van der Waals surface area contributed by atoms with Crippen LogP contribution < -0.4 is 5.48 Å². The van der Waals surface area contributed by atoms with E-state index in [-0.39, 0.29) is 11.4 Å². The minimum atomic E-state index is -3.20. The molecule has 0 bridgehead atoms. The molecule has 1 unspecified atom stereocenters. The molecule has 0 amide bonds. The fourth-order valence-corrected chi connectivity index (χ4v) is 2.05. The summed E-state index contributed by atoms with van der Waals surface area (Å²) in [5.74, 6) is 0.415. The molecule has 0 fully saturated rings. The molecule has 0 aromatic heterocycles. The second kappa shape index (κ2) is 7.00. The van der Waals surface area contributed by atoms with E-state index in [1.165, 1.54) is 12.1 Å². The summed E-state index contributed by atoms with van der Waals surface area (Å²) >= 11 is 0. The normalized spacial score (nSPS) is 13.7.